The van der Waals surface area contributed by atoms with Crippen molar-refractivity contribution in [2.45, 2.75) is 0 Å². The van der Waals surface area contributed by atoms with E-state index in [9.17, 15) is 20.2 Å². The summed E-state index contributed by atoms with van der Waals surface area (Å²) in [6.07, 6.45) is 1.24. The van der Waals surface area contributed by atoms with Crippen LogP contribution in [0.3, 0.4) is 0 Å². The minimum atomic E-state index is -0.534. The molecule has 2 aromatic heterocycles. The Morgan fingerprint density at radius 1 is 1.00 bits per heavy atom. The first-order valence-corrected chi connectivity index (χ1v) is 5.80. The van der Waals surface area contributed by atoms with Crippen LogP contribution in [0.2, 0.25) is 0 Å². The lowest BCUT2D eigenvalue weighted by molar-refractivity contribution is -0.385. The van der Waals surface area contributed by atoms with Crippen molar-refractivity contribution in [3.63, 3.8) is 0 Å². The molecule has 0 atom stereocenters. The number of non-ortho nitro benzene ring substituents is 1. The third-order valence-corrected chi connectivity index (χ3v) is 2.84. The number of nitro groups is 2. The number of benzene rings is 1. The Morgan fingerprint density at radius 3 is 2.48 bits per heavy atom. The highest BCUT2D eigenvalue weighted by molar-refractivity contribution is 5.61. The smallest absolute Gasteiger partial charge is 0.258 e. The summed E-state index contributed by atoms with van der Waals surface area (Å²) in [6.45, 7) is 0. The first-order valence-electron chi connectivity index (χ1n) is 5.80. The normalized spacial score (nSPS) is 10.7. The Labute approximate surface area is 116 Å². The van der Waals surface area contributed by atoms with Gasteiger partial charge >= 0.3 is 0 Å². The molecule has 0 aliphatic rings. The molecule has 0 amide bonds. The monoisotopic (exact) mass is 285 g/mol. The second-order valence-corrected chi connectivity index (χ2v) is 4.19. The lowest BCUT2D eigenvalue weighted by Crippen LogP contribution is -1.93. The van der Waals surface area contributed by atoms with Crippen LogP contribution in [0.4, 0.5) is 11.4 Å². The van der Waals surface area contributed by atoms with E-state index in [0.717, 1.165) is 0 Å². The molecule has 0 saturated carbocycles. The van der Waals surface area contributed by atoms with Crippen molar-refractivity contribution < 1.29 is 9.85 Å². The van der Waals surface area contributed by atoms with Gasteiger partial charge in [0.1, 0.15) is 6.20 Å². The van der Waals surface area contributed by atoms with Crippen molar-refractivity contribution in [3.05, 3.63) is 62.8 Å². The molecule has 1 aromatic carbocycles. The first-order chi connectivity index (χ1) is 10.0. The number of aromatic nitrogens is 3. The molecule has 9 nitrogen and oxygen atoms in total. The van der Waals surface area contributed by atoms with E-state index in [-0.39, 0.29) is 17.2 Å². The van der Waals surface area contributed by atoms with E-state index in [1.807, 2.05) is 0 Å². The lowest BCUT2D eigenvalue weighted by Gasteiger charge is -1.94. The van der Waals surface area contributed by atoms with Gasteiger partial charge in [-0.3, -0.25) is 20.2 Å². The van der Waals surface area contributed by atoms with Crippen LogP contribution in [0.1, 0.15) is 0 Å². The van der Waals surface area contributed by atoms with Gasteiger partial charge in [-0.2, -0.15) is 0 Å². The van der Waals surface area contributed by atoms with Crippen molar-refractivity contribution in [1.82, 2.24) is 14.6 Å². The molecule has 104 valence electrons. The minimum Gasteiger partial charge on any atom is -0.258 e. The number of fused-ring (bicyclic) bond motifs is 1. The molecule has 0 aliphatic carbocycles. The standard InChI is InChI=1S/C12H7N5O4/c18-16(19)9-3-1-2-8(6-9)12-13-11-5-4-10(17(20)21)7-15(11)14-12/h1-7H. The van der Waals surface area contributed by atoms with Crippen LogP contribution < -0.4 is 0 Å². The number of hydrogen-bond donors (Lipinski definition) is 0. The van der Waals surface area contributed by atoms with Gasteiger partial charge in [0.25, 0.3) is 11.4 Å². The van der Waals surface area contributed by atoms with E-state index in [2.05, 4.69) is 10.1 Å². The Bertz CT molecular complexity index is 873. The predicted octanol–water partition coefficient (Wildman–Crippen LogP) is 2.21. The molecule has 3 rings (SSSR count). The van der Waals surface area contributed by atoms with Gasteiger partial charge in [0.05, 0.1) is 9.85 Å². The SMILES string of the molecule is O=[N+]([O-])c1cccc(-c2nc3ccc([N+](=O)[O-])cn3n2)c1. The molecule has 0 aliphatic heterocycles. The van der Waals surface area contributed by atoms with Crippen LogP contribution >= 0.6 is 0 Å². The molecule has 0 radical (unpaired) electrons. The Kier molecular flexibility index (Phi) is 2.79. The van der Waals surface area contributed by atoms with Gasteiger partial charge in [-0.1, -0.05) is 12.1 Å². The summed E-state index contributed by atoms with van der Waals surface area (Å²) in [6, 6.07) is 8.67. The zero-order valence-corrected chi connectivity index (χ0v) is 10.4. The molecule has 0 N–H and O–H groups in total. The Balaban J connectivity index is 2.10. The summed E-state index contributed by atoms with van der Waals surface area (Å²) in [4.78, 5) is 24.6. The van der Waals surface area contributed by atoms with Gasteiger partial charge in [-0.25, -0.2) is 9.50 Å². The summed E-state index contributed by atoms with van der Waals surface area (Å²) in [7, 11) is 0. The van der Waals surface area contributed by atoms with Crippen molar-refractivity contribution >= 4 is 17.0 Å². The van der Waals surface area contributed by atoms with Gasteiger partial charge in [0.15, 0.2) is 11.5 Å². The average Bonchev–Trinajstić information content (AvgIpc) is 2.90. The molecule has 2 heterocycles. The van der Waals surface area contributed by atoms with Crippen LogP contribution in [0.25, 0.3) is 17.0 Å². The predicted molar refractivity (Wildman–Crippen MR) is 71.7 cm³/mol. The second kappa shape index (κ2) is 4.63. The molecule has 0 fully saturated rings. The molecule has 9 heteroatoms. The molecule has 0 spiro atoms. The number of pyridine rings is 1. The average molecular weight is 285 g/mol. The number of hydrogen-bond acceptors (Lipinski definition) is 6. The summed E-state index contributed by atoms with van der Waals surface area (Å²) < 4.78 is 1.27. The Hall–Kier alpha value is -3.36. The minimum absolute atomic E-state index is 0.0719. The highest BCUT2D eigenvalue weighted by atomic mass is 16.6. The summed E-state index contributed by atoms with van der Waals surface area (Å²) in [5, 5.41) is 25.6. The van der Waals surface area contributed by atoms with Crippen LogP contribution in [-0.4, -0.2) is 24.4 Å². The molecule has 0 bridgehead atoms. The van der Waals surface area contributed by atoms with Crippen LogP contribution in [0, 0.1) is 20.2 Å². The van der Waals surface area contributed by atoms with Gasteiger partial charge < -0.3 is 0 Å². The highest BCUT2D eigenvalue weighted by Crippen LogP contribution is 2.22. The quantitative estimate of drug-likeness (QED) is 0.538. The molecular weight excluding hydrogens is 278 g/mol. The fourth-order valence-electron chi connectivity index (χ4n) is 1.86. The molecule has 0 saturated heterocycles. The van der Waals surface area contributed by atoms with Crippen molar-refractivity contribution in [3.8, 4) is 11.4 Å². The van der Waals surface area contributed by atoms with E-state index in [1.165, 1.54) is 41.0 Å². The summed E-state index contributed by atoms with van der Waals surface area (Å²) >= 11 is 0. The number of rotatable bonds is 3. The maximum Gasteiger partial charge on any atom is 0.287 e. The van der Waals surface area contributed by atoms with Crippen molar-refractivity contribution in [2.24, 2.45) is 0 Å². The van der Waals surface area contributed by atoms with E-state index in [0.29, 0.717) is 11.2 Å². The molecule has 3 aromatic rings. The van der Waals surface area contributed by atoms with E-state index in [1.54, 1.807) is 6.07 Å². The first kappa shape index (κ1) is 12.7. The van der Waals surface area contributed by atoms with E-state index in [4.69, 9.17) is 0 Å². The van der Waals surface area contributed by atoms with Gasteiger partial charge in [-0.15, -0.1) is 5.10 Å². The van der Waals surface area contributed by atoms with Crippen LogP contribution in [-0.2, 0) is 0 Å². The van der Waals surface area contributed by atoms with Crippen molar-refractivity contribution in [1.29, 1.82) is 0 Å². The van der Waals surface area contributed by atoms with Gasteiger partial charge in [0.2, 0.25) is 0 Å². The van der Waals surface area contributed by atoms with E-state index < -0.39 is 9.85 Å². The molecule has 21 heavy (non-hydrogen) atoms. The highest BCUT2D eigenvalue weighted by Gasteiger charge is 2.13. The van der Waals surface area contributed by atoms with Crippen LogP contribution in [0.5, 0.6) is 0 Å². The maximum absolute atomic E-state index is 10.8. The summed E-state index contributed by atoms with van der Waals surface area (Å²) in [5.41, 5.74) is 0.702. The topological polar surface area (TPSA) is 116 Å². The fraction of sp³-hybridized carbons (Fsp3) is 0. The van der Waals surface area contributed by atoms with Gasteiger partial charge in [-0.05, 0) is 6.07 Å². The summed E-state index contributed by atoms with van der Waals surface area (Å²) in [5.74, 6) is 0.263. The number of nitro benzene ring substituents is 1. The second-order valence-electron chi connectivity index (χ2n) is 4.19. The third-order valence-electron chi connectivity index (χ3n) is 2.84. The fourth-order valence-corrected chi connectivity index (χ4v) is 1.86. The molecule has 0 unspecified atom stereocenters. The van der Waals surface area contributed by atoms with E-state index >= 15 is 0 Å². The zero-order valence-electron chi connectivity index (χ0n) is 10.4. The van der Waals surface area contributed by atoms with Gasteiger partial charge in [0, 0.05) is 23.8 Å². The number of nitrogens with zero attached hydrogens (tertiary/aromatic N) is 5. The Morgan fingerprint density at radius 2 is 1.76 bits per heavy atom. The largest absolute Gasteiger partial charge is 0.287 e. The molecular formula is C12H7N5O4. The maximum atomic E-state index is 10.8. The third kappa shape index (κ3) is 2.27. The lowest BCUT2D eigenvalue weighted by atomic mass is 10.2. The van der Waals surface area contributed by atoms with Crippen molar-refractivity contribution in [2.75, 3.05) is 0 Å². The zero-order chi connectivity index (χ0) is 15.0. The van der Waals surface area contributed by atoms with Crippen LogP contribution in [0.15, 0.2) is 42.6 Å².